The maximum absolute atomic E-state index is 12.2. The highest BCUT2D eigenvalue weighted by Crippen LogP contribution is 2.40. The van der Waals surface area contributed by atoms with Crippen LogP contribution in [0.25, 0.3) is 0 Å². The summed E-state index contributed by atoms with van der Waals surface area (Å²) in [4.78, 5) is 0. The Kier molecular flexibility index (Phi) is 3.53. The second-order valence-electron chi connectivity index (χ2n) is 3.53. The molecule has 1 atom stereocenters. The van der Waals surface area contributed by atoms with Gasteiger partial charge in [0.15, 0.2) is 0 Å². The highest BCUT2D eigenvalue weighted by Gasteiger charge is 2.47. The Hall–Kier alpha value is -0.290. The van der Waals surface area contributed by atoms with Gasteiger partial charge in [0.2, 0.25) is 0 Å². The Morgan fingerprint density at radius 1 is 1.33 bits per heavy atom. The maximum atomic E-state index is 12.2. The molecule has 0 aliphatic heterocycles. The number of nitrogens with two attached hydrogens (primary N) is 1. The van der Waals surface area contributed by atoms with Crippen LogP contribution in [0, 0.1) is 5.41 Å². The first kappa shape index (κ1) is 11.7. The van der Waals surface area contributed by atoms with Gasteiger partial charge >= 0.3 is 6.18 Å². The first-order chi connectivity index (χ1) is 5.20. The average Bonchev–Trinajstić information content (AvgIpc) is 1.84. The van der Waals surface area contributed by atoms with Crippen LogP contribution in [0.15, 0.2) is 0 Å². The van der Waals surface area contributed by atoms with E-state index in [0.717, 1.165) is 13.8 Å². The molecule has 0 heterocycles. The fraction of sp³-hybridized carbons (Fsp3) is 1.00. The molecule has 3 N–H and O–H groups in total. The highest BCUT2D eigenvalue weighted by molar-refractivity contribution is 4.81. The lowest BCUT2D eigenvalue weighted by molar-refractivity contribution is -0.215. The molecule has 0 saturated heterocycles. The fourth-order valence-corrected chi connectivity index (χ4v) is 0.836. The van der Waals surface area contributed by atoms with Gasteiger partial charge in [0.05, 0.1) is 12.0 Å². The summed E-state index contributed by atoms with van der Waals surface area (Å²) in [6, 6.07) is -0.804. The fourth-order valence-electron chi connectivity index (χ4n) is 0.836. The average molecular weight is 185 g/mol. The van der Waals surface area contributed by atoms with Crippen LogP contribution in [0.4, 0.5) is 13.2 Å². The normalized spacial score (nSPS) is 16.2. The zero-order chi connectivity index (χ0) is 9.99. The molecule has 0 rings (SSSR count). The highest BCUT2D eigenvalue weighted by atomic mass is 19.4. The van der Waals surface area contributed by atoms with Crippen molar-refractivity contribution in [3.8, 4) is 0 Å². The predicted molar refractivity (Wildman–Crippen MR) is 39.5 cm³/mol. The lowest BCUT2D eigenvalue weighted by Gasteiger charge is -2.29. The van der Waals surface area contributed by atoms with E-state index < -0.39 is 24.2 Å². The van der Waals surface area contributed by atoms with Crippen molar-refractivity contribution < 1.29 is 18.3 Å². The van der Waals surface area contributed by atoms with Gasteiger partial charge in [-0.3, -0.25) is 0 Å². The Bertz CT molecular complexity index is 144. The molecular weight excluding hydrogens is 171 g/mol. The van der Waals surface area contributed by atoms with Crippen molar-refractivity contribution in [2.45, 2.75) is 32.5 Å². The van der Waals surface area contributed by atoms with Gasteiger partial charge < -0.3 is 10.8 Å². The molecule has 0 aromatic heterocycles. The molecule has 2 nitrogen and oxygen atoms in total. The number of aliphatic hydroxyl groups excluding tert-OH is 1. The number of aliphatic hydroxyl groups is 1. The quantitative estimate of drug-likeness (QED) is 0.695. The molecule has 0 fully saturated rings. The number of halogens is 3. The molecule has 0 aromatic rings. The van der Waals surface area contributed by atoms with E-state index in [1.807, 2.05) is 0 Å². The van der Waals surface area contributed by atoms with Gasteiger partial charge in [-0.2, -0.15) is 13.2 Å². The van der Waals surface area contributed by atoms with E-state index in [1.54, 1.807) is 0 Å². The molecule has 0 spiro atoms. The molecule has 74 valence electrons. The van der Waals surface area contributed by atoms with Crippen LogP contribution in [0.2, 0.25) is 0 Å². The van der Waals surface area contributed by atoms with Gasteiger partial charge in [-0.25, -0.2) is 0 Å². The van der Waals surface area contributed by atoms with Crippen LogP contribution in [0.5, 0.6) is 0 Å². The van der Waals surface area contributed by atoms with E-state index in [9.17, 15) is 13.2 Å². The summed E-state index contributed by atoms with van der Waals surface area (Å²) in [5.41, 5.74) is 3.38. The molecular formula is C7H14F3NO. The van der Waals surface area contributed by atoms with Gasteiger partial charge in [-0.1, -0.05) is 13.8 Å². The molecule has 0 bridgehead atoms. The smallest absolute Gasteiger partial charge is 0.394 e. The Labute approximate surface area is 69.6 Å². The molecule has 0 amide bonds. The minimum absolute atomic E-state index is 0.257. The first-order valence-corrected chi connectivity index (χ1v) is 3.64. The van der Waals surface area contributed by atoms with Crippen molar-refractivity contribution >= 4 is 0 Å². The molecule has 0 aromatic carbocycles. The lowest BCUT2D eigenvalue weighted by atomic mass is 9.85. The predicted octanol–water partition coefficient (Wildman–Crippen LogP) is 1.28. The van der Waals surface area contributed by atoms with Gasteiger partial charge in [0, 0.05) is 6.04 Å². The second-order valence-corrected chi connectivity index (χ2v) is 3.53. The summed E-state index contributed by atoms with van der Waals surface area (Å²) in [6.45, 7) is 1.73. The topological polar surface area (TPSA) is 46.2 Å². The summed E-state index contributed by atoms with van der Waals surface area (Å²) >= 11 is 0. The first-order valence-electron chi connectivity index (χ1n) is 3.64. The van der Waals surface area contributed by atoms with Gasteiger partial charge in [-0.15, -0.1) is 0 Å². The lowest BCUT2D eigenvalue weighted by Crippen LogP contribution is -2.39. The van der Waals surface area contributed by atoms with Crippen LogP contribution in [-0.2, 0) is 0 Å². The maximum Gasteiger partial charge on any atom is 0.394 e. The molecule has 0 radical (unpaired) electrons. The summed E-state index contributed by atoms with van der Waals surface area (Å²) < 4.78 is 36.6. The van der Waals surface area contributed by atoms with Crippen molar-refractivity contribution in [3.63, 3.8) is 0 Å². The molecule has 0 aliphatic rings. The monoisotopic (exact) mass is 185 g/mol. The molecule has 5 heteroatoms. The van der Waals surface area contributed by atoms with E-state index in [2.05, 4.69) is 0 Å². The third kappa shape index (κ3) is 2.98. The number of rotatable bonds is 3. The van der Waals surface area contributed by atoms with Crippen LogP contribution in [-0.4, -0.2) is 23.9 Å². The SMILES string of the molecule is CC(C)(CC(N)CO)C(F)(F)F. The van der Waals surface area contributed by atoms with Crippen molar-refractivity contribution in [2.24, 2.45) is 11.1 Å². The zero-order valence-corrected chi connectivity index (χ0v) is 7.15. The third-order valence-corrected chi connectivity index (χ3v) is 1.77. The van der Waals surface area contributed by atoms with Crippen LogP contribution >= 0.6 is 0 Å². The zero-order valence-electron chi connectivity index (χ0n) is 7.15. The van der Waals surface area contributed by atoms with Crippen molar-refractivity contribution in [2.75, 3.05) is 6.61 Å². The second kappa shape index (κ2) is 3.62. The third-order valence-electron chi connectivity index (χ3n) is 1.77. The Balaban J connectivity index is 4.22. The Morgan fingerprint density at radius 2 is 1.75 bits per heavy atom. The standard InChI is InChI=1S/C7H14F3NO/c1-6(2,7(8,9)10)3-5(11)4-12/h5,12H,3-4,11H2,1-2H3. The van der Waals surface area contributed by atoms with E-state index in [4.69, 9.17) is 10.8 Å². The minimum atomic E-state index is -4.26. The number of hydrogen-bond acceptors (Lipinski definition) is 2. The van der Waals surface area contributed by atoms with Crippen LogP contribution < -0.4 is 5.73 Å². The van der Waals surface area contributed by atoms with Crippen molar-refractivity contribution in [1.29, 1.82) is 0 Å². The van der Waals surface area contributed by atoms with Gasteiger partial charge in [0.25, 0.3) is 0 Å². The van der Waals surface area contributed by atoms with Crippen LogP contribution in [0.3, 0.4) is 0 Å². The molecule has 0 aliphatic carbocycles. The largest absolute Gasteiger partial charge is 0.395 e. The van der Waals surface area contributed by atoms with E-state index in [-0.39, 0.29) is 6.42 Å². The molecule has 0 saturated carbocycles. The molecule has 12 heavy (non-hydrogen) atoms. The summed E-state index contributed by atoms with van der Waals surface area (Å²) in [7, 11) is 0. The van der Waals surface area contributed by atoms with E-state index in [1.165, 1.54) is 0 Å². The number of hydrogen-bond donors (Lipinski definition) is 2. The van der Waals surface area contributed by atoms with Crippen LogP contribution in [0.1, 0.15) is 20.3 Å². The van der Waals surface area contributed by atoms with Crippen molar-refractivity contribution in [1.82, 2.24) is 0 Å². The Morgan fingerprint density at radius 3 is 2.00 bits per heavy atom. The van der Waals surface area contributed by atoms with Crippen molar-refractivity contribution in [3.05, 3.63) is 0 Å². The molecule has 1 unspecified atom stereocenters. The summed E-state index contributed by atoms with van der Waals surface area (Å²) in [5, 5.41) is 8.47. The number of alkyl halides is 3. The summed E-state index contributed by atoms with van der Waals surface area (Å²) in [5.74, 6) is 0. The minimum Gasteiger partial charge on any atom is -0.395 e. The summed E-state index contributed by atoms with van der Waals surface area (Å²) in [6.07, 6.45) is -4.52. The van der Waals surface area contributed by atoms with Gasteiger partial charge in [0.1, 0.15) is 0 Å². The van der Waals surface area contributed by atoms with Gasteiger partial charge in [-0.05, 0) is 6.42 Å². The van der Waals surface area contributed by atoms with E-state index in [0.29, 0.717) is 0 Å². The van der Waals surface area contributed by atoms with E-state index >= 15 is 0 Å².